The van der Waals surface area contributed by atoms with Crippen molar-refractivity contribution in [3.8, 4) is 5.75 Å². The average Bonchev–Trinajstić information content (AvgIpc) is 2.40. The van der Waals surface area contributed by atoms with E-state index in [1.807, 2.05) is 0 Å². The van der Waals surface area contributed by atoms with Crippen molar-refractivity contribution in [2.24, 2.45) is 11.8 Å². The van der Waals surface area contributed by atoms with Gasteiger partial charge in [-0.1, -0.05) is 26.0 Å². The second-order valence-corrected chi connectivity index (χ2v) is 6.11. The Morgan fingerprint density at radius 1 is 1.21 bits per heavy atom. The van der Waals surface area contributed by atoms with Crippen LogP contribution in [0.5, 0.6) is 5.75 Å². The van der Waals surface area contributed by atoms with E-state index >= 15 is 0 Å². The Kier molecular flexibility index (Phi) is 5.26. The monoisotopic (exact) mass is 261 g/mol. The van der Waals surface area contributed by atoms with E-state index in [4.69, 9.17) is 0 Å². The standard InChI is InChI=1S/C17H27NO/c1-3-10-18-17-9-4-13(2)11-15(17)12-14-5-7-16(19)8-6-14/h5-8,13,15,17-19H,3-4,9-12H2,1-2H3. The maximum atomic E-state index is 9.36. The Balaban J connectivity index is 1.98. The fraction of sp³-hybridized carbons (Fsp3) is 0.647. The minimum Gasteiger partial charge on any atom is -0.508 e. The highest BCUT2D eigenvalue weighted by Crippen LogP contribution is 2.31. The molecule has 1 fully saturated rings. The van der Waals surface area contributed by atoms with E-state index in [2.05, 4.69) is 31.3 Å². The fourth-order valence-corrected chi connectivity index (χ4v) is 3.26. The summed E-state index contributed by atoms with van der Waals surface area (Å²) in [4.78, 5) is 0. The van der Waals surface area contributed by atoms with Crippen molar-refractivity contribution in [3.63, 3.8) is 0 Å². The van der Waals surface area contributed by atoms with E-state index in [0.717, 1.165) is 24.8 Å². The van der Waals surface area contributed by atoms with E-state index in [0.29, 0.717) is 11.8 Å². The molecule has 0 bridgehead atoms. The molecule has 0 amide bonds. The first-order valence-corrected chi connectivity index (χ1v) is 7.70. The van der Waals surface area contributed by atoms with Crippen molar-refractivity contribution in [3.05, 3.63) is 29.8 Å². The van der Waals surface area contributed by atoms with Crippen LogP contribution < -0.4 is 5.32 Å². The summed E-state index contributed by atoms with van der Waals surface area (Å²) in [5.41, 5.74) is 1.35. The normalized spacial score (nSPS) is 27.4. The quantitative estimate of drug-likeness (QED) is 0.846. The third kappa shape index (κ3) is 4.24. The van der Waals surface area contributed by atoms with Gasteiger partial charge >= 0.3 is 0 Å². The molecule has 19 heavy (non-hydrogen) atoms. The molecule has 1 aromatic rings. The highest BCUT2D eigenvalue weighted by Gasteiger charge is 2.28. The van der Waals surface area contributed by atoms with Crippen LogP contribution in [0, 0.1) is 11.8 Å². The number of aromatic hydroxyl groups is 1. The van der Waals surface area contributed by atoms with Crippen molar-refractivity contribution in [2.75, 3.05) is 6.54 Å². The Morgan fingerprint density at radius 3 is 2.63 bits per heavy atom. The SMILES string of the molecule is CCCNC1CCC(C)CC1Cc1ccc(O)cc1. The van der Waals surface area contributed by atoms with Crippen molar-refractivity contribution in [1.29, 1.82) is 0 Å². The van der Waals surface area contributed by atoms with Crippen molar-refractivity contribution >= 4 is 0 Å². The predicted octanol–water partition coefficient (Wildman–Crippen LogP) is 3.74. The summed E-state index contributed by atoms with van der Waals surface area (Å²) in [7, 11) is 0. The first-order chi connectivity index (χ1) is 9.19. The number of benzene rings is 1. The third-order valence-corrected chi connectivity index (χ3v) is 4.34. The minimum absolute atomic E-state index is 0.362. The first kappa shape index (κ1) is 14.4. The first-order valence-electron chi connectivity index (χ1n) is 7.70. The number of phenols is 1. The Bertz CT molecular complexity index is 371. The smallest absolute Gasteiger partial charge is 0.115 e. The summed E-state index contributed by atoms with van der Waals surface area (Å²) in [6.07, 6.45) is 6.32. The summed E-state index contributed by atoms with van der Waals surface area (Å²) in [5.74, 6) is 1.95. The molecule has 0 spiro atoms. The molecule has 1 aromatic carbocycles. The van der Waals surface area contributed by atoms with Crippen LogP contribution >= 0.6 is 0 Å². The van der Waals surface area contributed by atoms with Gasteiger partial charge in [-0.05, 0) is 68.2 Å². The van der Waals surface area contributed by atoms with Crippen LogP contribution in [0.2, 0.25) is 0 Å². The van der Waals surface area contributed by atoms with E-state index in [1.54, 1.807) is 12.1 Å². The molecule has 3 atom stereocenters. The number of rotatable bonds is 5. The van der Waals surface area contributed by atoms with Gasteiger partial charge in [-0.25, -0.2) is 0 Å². The van der Waals surface area contributed by atoms with Crippen LogP contribution in [-0.4, -0.2) is 17.7 Å². The van der Waals surface area contributed by atoms with Crippen LogP contribution in [-0.2, 0) is 6.42 Å². The van der Waals surface area contributed by atoms with Gasteiger partial charge < -0.3 is 10.4 Å². The number of phenolic OH excluding ortho intramolecular Hbond substituents is 1. The summed E-state index contributed by atoms with van der Waals surface area (Å²) in [6.45, 7) is 5.73. The molecule has 0 radical (unpaired) electrons. The van der Waals surface area contributed by atoms with Crippen LogP contribution in [0.15, 0.2) is 24.3 Å². The highest BCUT2D eigenvalue weighted by molar-refractivity contribution is 5.26. The maximum absolute atomic E-state index is 9.36. The zero-order valence-electron chi connectivity index (χ0n) is 12.2. The Labute approximate surface area is 117 Å². The van der Waals surface area contributed by atoms with E-state index in [1.165, 1.54) is 31.2 Å². The lowest BCUT2D eigenvalue weighted by molar-refractivity contribution is 0.212. The van der Waals surface area contributed by atoms with Crippen LogP contribution in [0.4, 0.5) is 0 Å². The minimum atomic E-state index is 0.362. The lowest BCUT2D eigenvalue weighted by Gasteiger charge is -2.35. The molecule has 3 unspecified atom stereocenters. The lowest BCUT2D eigenvalue weighted by atomic mass is 9.76. The molecule has 2 nitrogen and oxygen atoms in total. The predicted molar refractivity (Wildman–Crippen MR) is 80.4 cm³/mol. The molecule has 1 saturated carbocycles. The topological polar surface area (TPSA) is 32.3 Å². The van der Waals surface area contributed by atoms with Gasteiger partial charge in [0.05, 0.1) is 0 Å². The molecule has 2 heteroatoms. The Hall–Kier alpha value is -1.02. The summed E-state index contributed by atoms with van der Waals surface area (Å²) in [5, 5.41) is 13.1. The van der Waals surface area contributed by atoms with Gasteiger partial charge in [0.15, 0.2) is 0 Å². The van der Waals surface area contributed by atoms with Gasteiger partial charge in [0.1, 0.15) is 5.75 Å². The maximum Gasteiger partial charge on any atom is 0.115 e. The van der Waals surface area contributed by atoms with E-state index in [-0.39, 0.29) is 0 Å². The van der Waals surface area contributed by atoms with Gasteiger partial charge in [0, 0.05) is 6.04 Å². The second kappa shape index (κ2) is 6.95. The van der Waals surface area contributed by atoms with Crippen LogP contribution in [0.1, 0.15) is 45.1 Å². The molecule has 0 aliphatic heterocycles. The molecule has 1 aliphatic carbocycles. The van der Waals surface area contributed by atoms with E-state index in [9.17, 15) is 5.11 Å². The largest absolute Gasteiger partial charge is 0.508 e. The van der Waals surface area contributed by atoms with Crippen LogP contribution in [0.3, 0.4) is 0 Å². The molecule has 1 aliphatic rings. The number of hydrogen-bond donors (Lipinski definition) is 2. The molecule has 0 heterocycles. The summed E-state index contributed by atoms with van der Waals surface area (Å²) in [6, 6.07) is 8.40. The molecular weight excluding hydrogens is 234 g/mol. The van der Waals surface area contributed by atoms with E-state index < -0.39 is 0 Å². The number of nitrogens with one attached hydrogen (secondary N) is 1. The third-order valence-electron chi connectivity index (χ3n) is 4.34. The zero-order chi connectivity index (χ0) is 13.7. The number of hydrogen-bond acceptors (Lipinski definition) is 2. The van der Waals surface area contributed by atoms with Crippen molar-refractivity contribution < 1.29 is 5.11 Å². The lowest BCUT2D eigenvalue weighted by Crippen LogP contribution is -2.41. The molecular formula is C17H27NO. The average molecular weight is 261 g/mol. The fourth-order valence-electron chi connectivity index (χ4n) is 3.26. The van der Waals surface area contributed by atoms with Gasteiger partial charge in [-0.15, -0.1) is 0 Å². The van der Waals surface area contributed by atoms with Gasteiger partial charge in [-0.2, -0.15) is 0 Å². The molecule has 106 valence electrons. The van der Waals surface area contributed by atoms with Gasteiger partial charge in [0.25, 0.3) is 0 Å². The molecule has 2 rings (SSSR count). The van der Waals surface area contributed by atoms with Crippen molar-refractivity contribution in [2.45, 2.75) is 52.0 Å². The van der Waals surface area contributed by atoms with Gasteiger partial charge in [0.2, 0.25) is 0 Å². The molecule has 0 aromatic heterocycles. The van der Waals surface area contributed by atoms with Crippen molar-refractivity contribution in [1.82, 2.24) is 5.32 Å². The molecule has 0 saturated heterocycles. The van der Waals surface area contributed by atoms with Crippen LogP contribution in [0.25, 0.3) is 0 Å². The zero-order valence-corrected chi connectivity index (χ0v) is 12.2. The summed E-state index contributed by atoms with van der Waals surface area (Å²) < 4.78 is 0. The second-order valence-electron chi connectivity index (χ2n) is 6.11. The molecule has 2 N–H and O–H groups in total. The summed E-state index contributed by atoms with van der Waals surface area (Å²) >= 11 is 0. The highest BCUT2D eigenvalue weighted by atomic mass is 16.3. The Morgan fingerprint density at radius 2 is 1.95 bits per heavy atom. The van der Waals surface area contributed by atoms with Gasteiger partial charge in [-0.3, -0.25) is 0 Å².